The van der Waals surface area contributed by atoms with Crippen molar-refractivity contribution < 1.29 is 5.11 Å². The van der Waals surface area contributed by atoms with Crippen molar-refractivity contribution in [1.29, 1.82) is 0 Å². The summed E-state index contributed by atoms with van der Waals surface area (Å²) in [4.78, 5) is 0. The van der Waals surface area contributed by atoms with Gasteiger partial charge in [0.2, 0.25) is 0 Å². The van der Waals surface area contributed by atoms with Crippen LogP contribution in [0.3, 0.4) is 0 Å². The Morgan fingerprint density at radius 2 is 2.11 bits per heavy atom. The molecule has 1 aliphatic rings. The monoisotopic (exact) mass is 287 g/mol. The van der Waals surface area contributed by atoms with Crippen LogP contribution in [0.2, 0.25) is 10.0 Å². The van der Waals surface area contributed by atoms with Crippen LogP contribution in [-0.4, -0.2) is 18.3 Å². The van der Waals surface area contributed by atoms with Crippen molar-refractivity contribution >= 4 is 23.2 Å². The number of aliphatic hydroxyl groups excluding tert-OH is 1. The van der Waals surface area contributed by atoms with Crippen LogP contribution in [-0.2, 0) is 5.41 Å². The van der Waals surface area contributed by atoms with E-state index < -0.39 is 0 Å². The lowest BCUT2D eigenvalue weighted by atomic mass is 9.66. The summed E-state index contributed by atoms with van der Waals surface area (Å²) in [6, 6.07) is 5.77. The smallest absolute Gasteiger partial charge is 0.0595 e. The van der Waals surface area contributed by atoms with Gasteiger partial charge in [-0.3, -0.25) is 0 Å². The molecule has 0 radical (unpaired) electrons. The number of halogens is 2. The van der Waals surface area contributed by atoms with Crippen molar-refractivity contribution in [2.24, 2.45) is 11.7 Å². The first-order valence-electron chi connectivity index (χ1n) is 6.38. The molecule has 2 atom stereocenters. The van der Waals surface area contributed by atoms with Gasteiger partial charge in [0, 0.05) is 18.6 Å². The number of aliphatic hydroxyl groups is 1. The first kappa shape index (κ1) is 14.1. The van der Waals surface area contributed by atoms with Gasteiger partial charge in [-0.25, -0.2) is 0 Å². The summed E-state index contributed by atoms with van der Waals surface area (Å²) in [5, 5.41) is 10.5. The molecule has 0 saturated heterocycles. The van der Waals surface area contributed by atoms with Gasteiger partial charge in [-0.15, -0.1) is 0 Å². The number of hydrogen-bond donors (Lipinski definition) is 2. The highest BCUT2D eigenvalue weighted by molar-refractivity contribution is 6.42. The van der Waals surface area contributed by atoms with Crippen LogP contribution in [0, 0.1) is 5.92 Å². The van der Waals surface area contributed by atoms with Crippen molar-refractivity contribution in [2.75, 3.05) is 13.2 Å². The van der Waals surface area contributed by atoms with Crippen molar-refractivity contribution in [1.82, 2.24) is 0 Å². The van der Waals surface area contributed by atoms with E-state index in [0.29, 0.717) is 22.5 Å². The fourth-order valence-corrected chi connectivity index (χ4v) is 3.33. The van der Waals surface area contributed by atoms with E-state index in [4.69, 9.17) is 28.9 Å². The van der Waals surface area contributed by atoms with Gasteiger partial charge in [-0.1, -0.05) is 35.7 Å². The molecule has 18 heavy (non-hydrogen) atoms. The van der Waals surface area contributed by atoms with Gasteiger partial charge in [0.25, 0.3) is 0 Å². The third kappa shape index (κ3) is 2.67. The second kappa shape index (κ2) is 5.79. The Hall–Kier alpha value is -0.280. The first-order chi connectivity index (χ1) is 8.61. The fourth-order valence-electron chi connectivity index (χ4n) is 3.03. The average molecular weight is 288 g/mol. The lowest BCUT2D eigenvalue weighted by Gasteiger charge is -2.40. The Morgan fingerprint density at radius 1 is 1.33 bits per heavy atom. The molecule has 1 saturated carbocycles. The minimum atomic E-state index is -0.0557. The summed E-state index contributed by atoms with van der Waals surface area (Å²) in [6.07, 6.45) is 4.16. The summed E-state index contributed by atoms with van der Waals surface area (Å²) in [7, 11) is 0. The molecule has 1 aliphatic carbocycles. The predicted molar refractivity (Wildman–Crippen MR) is 76.2 cm³/mol. The molecule has 0 bridgehead atoms. The normalized spacial score (nSPS) is 28.3. The highest BCUT2D eigenvalue weighted by atomic mass is 35.5. The van der Waals surface area contributed by atoms with E-state index >= 15 is 0 Å². The van der Waals surface area contributed by atoms with Crippen molar-refractivity contribution in [2.45, 2.75) is 31.1 Å². The number of nitrogens with two attached hydrogens (primary N) is 1. The van der Waals surface area contributed by atoms with Gasteiger partial charge in [-0.2, -0.15) is 0 Å². The van der Waals surface area contributed by atoms with E-state index in [9.17, 15) is 5.11 Å². The number of hydrogen-bond acceptors (Lipinski definition) is 2. The maximum atomic E-state index is 9.38. The van der Waals surface area contributed by atoms with E-state index in [1.165, 1.54) is 0 Å². The van der Waals surface area contributed by atoms with E-state index in [1.54, 1.807) is 0 Å². The summed E-state index contributed by atoms with van der Waals surface area (Å²) < 4.78 is 0. The quantitative estimate of drug-likeness (QED) is 0.895. The minimum Gasteiger partial charge on any atom is -0.396 e. The van der Waals surface area contributed by atoms with Crippen molar-refractivity contribution in [3.8, 4) is 0 Å². The molecule has 1 aromatic rings. The zero-order valence-corrected chi connectivity index (χ0v) is 11.8. The zero-order chi connectivity index (χ0) is 13.2. The van der Waals surface area contributed by atoms with Gasteiger partial charge in [0.15, 0.2) is 0 Å². The Kier molecular flexibility index (Phi) is 4.54. The second-order valence-electron chi connectivity index (χ2n) is 5.26. The molecule has 1 fully saturated rings. The number of rotatable bonds is 3. The Balaban J connectivity index is 2.33. The van der Waals surface area contributed by atoms with Crippen molar-refractivity contribution in [3.05, 3.63) is 33.8 Å². The molecule has 2 nitrogen and oxygen atoms in total. The van der Waals surface area contributed by atoms with Gasteiger partial charge in [0.05, 0.1) is 10.0 Å². The van der Waals surface area contributed by atoms with Gasteiger partial charge in [-0.05, 0) is 42.9 Å². The molecule has 0 spiro atoms. The van der Waals surface area contributed by atoms with E-state index in [1.807, 2.05) is 18.2 Å². The van der Waals surface area contributed by atoms with Gasteiger partial charge in [0.1, 0.15) is 0 Å². The Bertz CT molecular complexity index is 424. The summed E-state index contributed by atoms with van der Waals surface area (Å²) in [6.45, 7) is 0.824. The molecule has 2 rings (SSSR count). The molecule has 0 amide bonds. The molecule has 1 aromatic carbocycles. The molecule has 0 aromatic heterocycles. The Labute approximate surface area is 118 Å². The van der Waals surface area contributed by atoms with Gasteiger partial charge < -0.3 is 10.8 Å². The van der Waals surface area contributed by atoms with Crippen molar-refractivity contribution in [3.63, 3.8) is 0 Å². The average Bonchev–Trinajstić information content (AvgIpc) is 2.41. The maximum absolute atomic E-state index is 9.38. The SMILES string of the molecule is NC[C@@]1(c2ccc(Cl)c(Cl)c2)CCC[C@@H](CO)C1. The predicted octanol–water partition coefficient (Wildman–Crippen LogP) is 3.37. The van der Waals surface area contributed by atoms with Gasteiger partial charge >= 0.3 is 0 Å². The molecule has 100 valence electrons. The van der Waals surface area contributed by atoms with Crippen LogP contribution in [0.4, 0.5) is 0 Å². The lowest BCUT2D eigenvalue weighted by molar-refractivity contribution is 0.144. The third-order valence-corrected chi connectivity index (χ3v) is 4.87. The van der Waals surface area contributed by atoms with Crippen LogP contribution in [0.5, 0.6) is 0 Å². The topological polar surface area (TPSA) is 46.2 Å². The molecule has 0 heterocycles. The minimum absolute atomic E-state index is 0.0557. The molecular weight excluding hydrogens is 269 g/mol. The maximum Gasteiger partial charge on any atom is 0.0595 e. The molecule has 3 N–H and O–H groups in total. The largest absolute Gasteiger partial charge is 0.396 e. The highest BCUT2D eigenvalue weighted by Gasteiger charge is 2.36. The van der Waals surface area contributed by atoms with Crippen LogP contribution in [0.15, 0.2) is 18.2 Å². The third-order valence-electron chi connectivity index (χ3n) is 4.13. The Morgan fingerprint density at radius 3 is 2.72 bits per heavy atom. The van der Waals surface area contributed by atoms with Crippen LogP contribution in [0.25, 0.3) is 0 Å². The van der Waals surface area contributed by atoms with Crippen LogP contribution in [0.1, 0.15) is 31.2 Å². The molecule has 0 unspecified atom stereocenters. The standard InChI is InChI=1S/C14H19Cl2NO/c15-12-4-3-11(6-13(12)16)14(9-17)5-1-2-10(7-14)8-18/h3-4,6,10,18H,1-2,5,7-9,17H2/t10-,14-/m1/s1. The zero-order valence-electron chi connectivity index (χ0n) is 10.3. The lowest BCUT2D eigenvalue weighted by Crippen LogP contribution is -2.40. The number of benzene rings is 1. The van der Waals surface area contributed by atoms with E-state index in [2.05, 4.69) is 0 Å². The highest BCUT2D eigenvalue weighted by Crippen LogP contribution is 2.42. The van der Waals surface area contributed by atoms with E-state index in [-0.39, 0.29) is 12.0 Å². The molecule has 0 aliphatic heterocycles. The van der Waals surface area contributed by atoms with Crippen LogP contribution < -0.4 is 5.73 Å². The summed E-state index contributed by atoms with van der Waals surface area (Å²) in [5.74, 6) is 0.344. The second-order valence-corrected chi connectivity index (χ2v) is 6.07. The summed E-state index contributed by atoms with van der Waals surface area (Å²) >= 11 is 12.1. The molecular formula is C14H19Cl2NO. The van der Waals surface area contributed by atoms with E-state index in [0.717, 1.165) is 31.2 Å². The summed E-state index contributed by atoms with van der Waals surface area (Å²) in [5.41, 5.74) is 7.11. The first-order valence-corrected chi connectivity index (χ1v) is 7.13. The fraction of sp³-hybridized carbons (Fsp3) is 0.571. The molecule has 4 heteroatoms. The van der Waals surface area contributed by atoms with Crippen LogP contribution >= 0.6 is 23.2 Å².